The molecule has 3 rings (SSSR count). The fourth-order valence-electron chi connectivity index (χ4n) is 2.20. The van der Waals surface area contributed by atoms with Crippen LogP contribution in [0.4, 0.5) is 17.1 Å². The first-order valence-electron chi connectivity index (χ1n) is 8.48. The van der Waals surface area contributed by atoms with Gasteiger partial charge in [-0.15, -0.1) is 0 Å². The first-order chi connectivity index (χ1) is 14.3. The Hall–Kier alpha value is -3.83. The molecule has 10 nitrogen and oxygen atoms in total. The molecule has 3 aromatic rings. The van der Waals surface area contributed by atoms with Crippen LogP contribution in [0.3, 0.4) is 0 Å². The predicted molar refractivity (Wildman–Crippen MR) is 106 cm³/mol. The van der Waals surface area contributed by atoms with E-state index in [2.05, 4.69) is 15.5 Å². The van der Waals surface area contributed by atoms with Crippen molar-refractivity contribution in [3.05, 3.63) is 72.5 Å². The number of nitrogens with one attached hydrogen (secondary N) is 1. The zero-order chi connectivity index (χ0) is 21.6. The number of hydrogen-bond acceptors (Lipinski definition) is 8. The van der Waals surface area contributed by atoms with Gasteiger partial charge in [0.15, 0.2) is 6.61 Å². The van der Waals surface area contributed by atoms with Crippen molar-refractivity contribution in [3.8, 4) is 0 Å². The van der Waals surface area contributed by atoms with Crippen LogP contribution in [0.15, 0.2) is 86.5 Å². The summed E-state index contributed by atoms with van der Waals surface area (Å²) in [6, 6.07) is 17.9. The van der Waals surface area contributed by atoms with Crippen molar-refractivity contribution in [2.45, 2.75) is 5.09 Å². The van der Waals surface area contributed by atoms with E-state index in [4.69, 9.17) is 14.3 Å². The van der Waals surface area contributed by atoms with Crippen molar-refractivity contribution >= 4 is 39.0 Å². The Balaban J connectivity index is 1.50. The summed E-state index contributed by atoms with van der Waals surface area (Å²) in [6.07, 6.45) is 0. The van der Waals surface area contributed by atoms with E-state index < -0.39 is 33.6 Å². The second-order valence-electron chi connectivity index (χ2n) is 5.87. The summed E-state index contributed by atoms with van der Waals surface area (Å²) < 4.78 is 31.8. The van der Waals surface area contributed by atoms with Crippen molar-refractivity contribution in [2.24, 2.45) is 15.4 Å². The minimum absolute atomic E-state index is 0.389. The molecule has 154 valence electrons. The second-order valence-corrected chi connectivity index (χ2v) is 7.36. The number of primary sulfonamides is 1. The monoisotopic (exact) mass is 428 g/mol. The van der Waals surface area contributed by atoms with Crippen LogP contribution in [0.25, 0.3) is 0 Å². The molecule has 0 unspecified atom stereocenters. The third kappa shape index (κ3) is 5.83. The Kier molecular flexibility index (Phi) is 6.35. The number of azo groups is 1. The van der Waals surface area contributed by atoms with E-state index in [1.165, 1.54) is 0 Å². The van der Waals surface area contributed by atoms with Crippen molar-refractivity contribution < 1.29 is 27.2 Å². The van der Waals surface area contributed by atoms with Crippen LogP contribution in [0.2, 0.25) is 0 Å². The SMILES string of the molecule is NS(=O)(=O)c1ccc(C(=O)OCC(=O)Nc2ccc(N=Nc3ccccc3)cc2)o1. The molecular weight excluding hydrogens is 412 g/mol. The molecule has 11 heteroatoms. The molecule has 1 heterocycles. The Morgan fingerprint density at radius 2 is 1.57 bits per heavy atom. The molecule has 2 aromatic carbocycles. The summed E-state index contributed by atoms with van der Waals surface area (Å²) in [6.45, 7) is -0.598. The van der Waals surface area contributed by atoms with E-state index >= 15 is 0 Å². The number of nitrogens with zero attached hydrogens (tertiary/aromatic N) is 2. The van der Waals surface area contributed by atoms with Gasteiger partial charge in [0.25, 0.3) is 15.9 Å². The van der Waals surface area contributed by atoms with Crippen LogP contribution in [0.1, 0.15) is 10.6 Å². The van der Waals surface area contributed by atoms with Crippen molar-refractivity contribution in [1.29, 1.82) is 0 Å². The molecule has 0 bridgehead atoms. The van der Waals surface area contributed by atoms with Crippen molar-refractivity contribution in [2.75, 3.05) is 11.9 Å². The summed E-state index contributed by atoms with van der Waals surface area (Å²) >= 11 is 0. The summed E-state index contributed by atoms with van der Waals surface area (Å²) in [5.74, 6) is -1.99. The van der Waals surface area contributed by atoms with Gasteiger partial charge in [-0.25, -0.2) is 18.4 Å². The lowest BCUT2D eigenvalue weighted by Crippen LogP contribution is -2.20. The molecular formula is C19H16N4O6S. The maximum atomic E-state index is 11.9. The zero-order valence-electron chi connectivity index (χ0n) is 15.4. The smallest absolute Gasteiger partial charge is 0.374 e. The highest BCUT2D eigenvalue weighted by atomic mass is 32.2. The topological polar surface area (TPSA) is 153 Å². The summed E-state index contributed by atoms with van der Waals surface area (Å²) in [4.78, 5) is 23.8. The third-order valence-electron chi connectivity index (χ3n) is 3.59. The average Bonchev–Trinajstić information content (AvgIpc) is 3.23. The molecule has 0 saturated heterocycles. The number of esters is 1. The molecule has 0 aliphatic rings. The van der Waals surface area contributed by atoms with E-state index in [0.29, 0.717) is 17.1 Å². The Labute approximate surface area is 171 Å². The van der Waals surface area contributed by atoms with Gasteiger partial charge in [0.05, 0.1) is 11.4 Å². The molecule has 0 radical (unpaired) electrons. The standard InChI is InChI=1S/C19H16N4O6S/c20-30(26,27)18-11-10-16(29-18)19(25)28-12-17(24)21-13-6-8-15(9-7-13)23-22-14-4-2-1-3-5-14/h1-11H,12H2,(H,21,24)(H2,20,26,27). The van der Waals surface area contributed by atoms with Crippen LogP contribution in [-0.4, -0.2) is 26.9 Å². The normalized spacial score (nSPS) is 11.4. The minimum Gasteiger partial charge on any atom is -0.450 e. The highest BCUT2D eigenvalue weighted by Gasteiger charge is 2.19. The Morgan fingerprint density at radius 3 is 2.17 bits per heavy atom. The van der Waals surface area contributed by atoms with Gasteiger partial charge in [-0.2, -0.15) is 10.2 Å². The second kappa shape index (κ2) is 9.11. The van der Waals surface area contributed by atoms with E-state index in [9.17, 15) is 18.0 Å². The predicted octanol–water partition coefficient (Wildman–Crippen LogP) is 3.14. The largest absolute Gasteiger partial charge is 0.450 e. The number of ether oxygens (including phenoxy) is 1. The quantitative estimate of drug-likeness (QED) is 0.435. The number of benzene rings is 2. The molecule has 0 aliphatic heterocycles. The van der Waals surface area contributed by atoms with Crippen molar-refractivity contribution in [3.63, 3.8) is 0 Å². The van der Waals surface area contributed by atoms with Crippen molar-refractivity contribution in [1.82, 2.24) is 0 Å². The van der Waals surface area contributed by atoms with Gasteiger partial charge in [-0.1, -0.05) is 18.2 Å². The third-order valence-corrected chi connectivity index (χ3v) is 4.37. The maximum absolute atomic E-state index is 11.9. The molecule has 0 aliphatic carbocycles. The summed E-state index contributed by atoms with van der Waals surface area (Å²) in [7, 11) is -4.08. The molecule has 0 spiro atoms. The van der Waals surface area contributed by atoms with E-state index in [0.717, 1.165) is 12.1 Å². The number of carbonyl (C=O) groups is 2. The fourth-order valence-corrected chi connectivity index (χ4v) is 2.67. The van der Waals surface area contributed by atoms with Crippen LogP contribution >= 0.6 is 0 Å². The number of nitrogens with two attached hydrogens (primary N) is 1. The lowest BCUT2D eigenvalue weighted by molar-refractivity contribution is -0.119. The lowest BCUT2D eigenvalue weighted by Gasteiger charge is -2.06. The van der Waals surface area contributed by atoms with Gasteiger partial charge < -0.3 is 14.5 Å². The van der Waals surface area contributed by atoms with E-state index in [1.807, 2.05) is 30.3 Å². The number of amides is 1. The van der Waals surface area contributed by atoms with Crippen LogP contribution in [0, 0.1) is 0 Å². The van der Waals surface area contributed by atoms with Gasteiger partial charge in [0.1, 0.15) is 0 Å². The van der Waals surface area contributed by atoms with Gasteiger partial charge >= 0.3 is 5.97 Å². The number of anilines is 1. The lowest BCUT2D eigenvalue weighted by atomic mass is 10.3. The van der Waals surface area contributed by atoms with E-state index in [-0.39, 0.29) is 5.76 Å². The van der Waals surface area contributed by atoms with Gasteiger partial charge in [-0.05, 0) is 48.5 Å². The minimum atomic E-state index is -4.08. The number of carbonyl (C=O) groups excluding carboxylic acids is 2. The molecule has 1 amide bonds. The summed E-state index contributed by atoms with van der Waals surface area (Å²) in [5, 5.41) is 15.0. The molecule has 0 atom stereocenters. The highest BCUT2D eigenvalue weighted by Crippen LogP contribution is 2.20. The van der Waals surface area contributed by atoms with Gasteiger partial charge in [0, 0.05) is 5.69 Å². The number of sulfonamides is 1. The summed E-state index contributed by atoms with van der Waals surface area (Å²) in [5.41, 5.74) is 1.76. The highest BCUT2D eigenvalue weighted by molar-refractivity contribution is 7.89. The number of hydrogen-bond donors (Lipinski definition) is 2. The Bertz CT molecular complexity index is 1170. The van der Waals surface area contributed by atoms with Gasteiger partial charge in [-0.3, -0.25) is 4.79 Å². The van der Waals surface area contributed by atoms with Crippen LogP contribution < -0.4 is 10.5 Å². The number of furan rings is 1. The first kappa shape index (κ1) is 20.9. The molecule has 0 fully saturated rings. The fraction of sp³-hybridized carbons (Fsp3) is 0.0526. The average molecular weight is 428 g/mol. The van der Waals surface area contributed by atoms with Crippen LogP contribution in [0.5, 0.6) is 0 Å². The molecule has 1 aromatic heterocycles. The Morgan fingerprint density at radius 1 is 0.933 bits per heavy atom. The van der Waals surface area contributed by atoms with Crippen LogP contribution in [-0.2, 0) is 19.6 Å². The molecule has 3 N–H and O–H groups in total. The molecule has 0 saturated carbocycles. The molecule has 30 heavy (non-hydrogen) atoms. The zero-order valence-corrected chi connectivity index (χ0v) is 16.2. The van der Waals surface area contributed by atoms with E-state index in [1.54, 1.807) is 24.3 Å². The first-order valence-corrected chi connectivity index (χ1v) is 10.0. The maximum Gasteiger partial charge on any atom is 0.374 e. The van der Waals surface area contributed by atoms with Gasteiger partial charge in [0.2, 0.25) is 10.9 Å². The number of rotatable bonds is 7.